The molecule has 0 aliphatic carbocycles. The van der Waals surface area contributed by atoms with Crippen molar-refractivity contribution >= 4 is 47.5 Å². The molecule has 0 saturated heterocycles. The van der Waals surface area contributed by atoms with Crippen LogP contribution in [0.4, 0.5) is 4.39 Å². The summed E-state index contributed by atoms with van der Waals surface area (Å²) < 4.78 is 13.8. The summed E-state index contributed by atoms with van der Waals surface area (Å²) >= 11 is 0. The van der Waals surface area contributed by atoms with Gasteiger partial charge < -0.3 is 38.1 Å². The van der Waals surface area contributed by atoms with Crippen molar-refractivity contribution in [3.05, 3.63) is 95.8 Å². The number of benzene rings is 2. The first kappa shape index (κ1) is 43.0. The van der Waals surface area contributed by atoms with E-state index in [1.807, 2.05) is 13.8 Å². The van der Waals surface area contributed by atoms with Crippen LogP contribution in [-0.4, -0.2) is 87.0 Å². The van der Waals surface area contributed by atoms with E-state index < -0.39 is 65.4 Å². The molecule has 0 fully saturated rings. The molecule has 0 saturated carbocycles. The third kappa shape index (κ3) is 14.5. The molecule has 0 aliphatic heterocycles. The molecule has 0 spiro atoms. The number of halogens is 1. The summed E-state index contributed by atoms with van der Waals surface area (Å²) in [5.74, 6) is -5.46. The van der Waals surface area contributed by atoms with Crippen LogP contribution >= 0.6 is 0 Å². The molecule has 2 aromatic carbocycles. The molecule has 294 valence electrons. The molecule has 6 amide bonds. The molecule has 0 bridgehead atoms. The second kappa shape index (κ2) is 21.3. The molecule has 1 aromatic heterocycles. The van der Waals surface area contributed by atoms with Crippen molar-refractivity contribution in [2.75, 3.05) is 6.54 Å². The maximum Gasteiger partial charge on any atom is 0.253 e. The van der Waals surface area contributed by atoms with Gasteiger partial charge in [-0.15, -0.1) is 0 Å². The Morgan fingerprint density at radius 2 is 1.51 bits per heavy atom. The third-order valence-corrected chi connectivity index (χ3v) is 8.31. The second-order valence-electron chi connectivity index (χ2n) is 13.3. The van der Waals surface area contributed by atoms with E-state index in [9.17, 15) is 33.2 Å². The van der Waals surface area contributed by atoms with Gasteiger partial charge >= 0.3 is 0 Å². The third-order valence-electron chi connectivity index (χ3n) is 8.31. The van der Waals surface area contributed by atoms with Gasteiger partial charge in [0.1, 0.15) is 30.0 Å². The minimum absolute atomic E-state index is 0.107. The van der Waals surface area contributed by atoms with Gasteiger partial charge in [0.2, 0.25) is 29.5 Å². The lowest BCUT2D eigenvalue weighted by molar-refractivity contribution is -0.148. The summed E-state index contributed by atoms with van der Waals surface area (Å²) in [7, 11) is 0. The number of hydrogen-bond donors (Lipinski definition) is 7. The summed E-state index contributed by atoms with van der Waals surface area (Å²) in [4.78, 5) is 92.2. The fourth-order valence-electron chi connectivity index (χ4n) is 5.62. The lowest BCUT2D eigenvalue weighted by atomic mass is 10.00. The first-order valence-corrected chi connectivity index (χ1v) is 17.7. The number of carbonyl (C=O) groups is 6. The van der Waals surface area contributed by atoms with Crippen LogP contribution < -0.4 is 33.2 Å². The Morgan fingerprint density at radius 1 is 0.873 bits per heavy atom. The number of imide groups is 1. The highest BCUT2D eigenvalue weighted by molar-refractivity contribution is 6.06. The fraction of sp³-hybridized carbons (Fsp3) is 0.368. The van der Waals surface area contributed by atoms with Crippen LogP contribution in [0.1, 0.15) is 56.9 Å². The maximum absolute atomic E-state index is 14.3. The zero-order valence-electron chi connectivity index (χ0n) is 31.0. The van der Waals surface area contributed by atoms with Crippen LogP contribution in [0.25, 0.3) is 6.08 Å². The summed E-state index contributed by atoms with van der Waals surface area (Å²) in [6.07, 6.45) is 5.73. The van der Waals surface area contributed by atoms with Gasteiger partial charge in [0.25, 0.3) is 5.91 Å². The number of carbonyl (C=O) groups excluding carboxylic acids is 6. The fourth-order valence-corrected chi connectivity index (χ4v) is 5.62. The van der Waals surface area contributed by atoms with E-state index in [-0.39, 0.29) is 44.1 Å². The number of imidazole rings is 1. The van der Waals surface area contributed by atoms with Gasteiger partial charge in [-0.2, -0.15) is 0 Å². The van der Waals surface area contributed by atoms with Crippen LogP contribution in [0.3, 0.4) is 0 Å². The summed E-state index contributed by atoms with van der Waals surface area (Å²) in [5.41, 5.74) is 17.8. The van der Waals surface area contributed by atoms with Gasteiger partial charge in [0, 0.05) is 44.3 Å². The quantitative estimate of drug-likeness (QED) is 0.0372. The molecule has 16 nitrogen and oxygen atoms in total. The number of nitrogens with two attached hydrogens (primary N) is 3. The molecule has 17 heteroatoms. The van der Waals surface area contributed by atoms with Gasteiger partial charge in [-0.1, -0.05) is 56.3 Å². The summed E-state index contributed by atoms with van der Waals surface area (Å²) in [5, 5.41) is 7.96. The number of primary amides is 1. The van der Waals surface area contributed by atoms with Crippen molar-refractivity contribution < 1.29 is 33.2 Å². The van der Waals surface area contributed by atoms with Crippen LogP contribution in [0.2, 0.25) is 0 Å². The number of aliphatic imine (C=N–C) groups is 1. The standard InChI is InChI=1S/C38H49FN10O6/c1-23(2)18-30(35(53)46-29(34(40)52)10-7-17-44-38(41)42)47-36(54)31(20-28-21-43-22-45-28)48-37(55)32(19-26-11-14-27(39)15-12-26)49(24(3)50)33(51)16-13-25-8-5-4-6-9-25/h4-6,8-9,11-16,21-23,29-32H,7,10,17-20H2,1-3H3,(H2,40,52)(H,43,45)(H,46,53)(H,47,54)(H,48,55)(H4,41,42,44)/b16-13+. The van der Waals surface area contributed by atoms with Gasteiger partial charge in [0.15, 0.2) is 5.96 Å². The lowest BCUT2D eigenvalue weighted by Gasteiger charge is -2.30. The number of H-pyrrole nitrogens is 1. The number of guanidine groups is 1. The Kier molecular flexibility index (Phi) is 16.7. The van der Waals surface area contributed by atoms with Crippen molar-refractivity contribution in [1.82, 2.24) is 30.8 Å². The number of rotatable bonds is 20. The first-order valence-electron chi connectivity index (χ1n) is 17.7. The number of amides is 6. The molecule has 3 rings (SSSR count). The van der Waals surface area contributed by atoms with E-state index in [0.717, 1.165) is 17.9 Å². The van der Waals surface area contributed by atoms with Crippen molar-refractivity contribution in [2.24, 2.45) is 28.1 Å². The monoisotopic (exact) mass is 760 g/mol. The van der Waals surface area contributed by atoms with Gasteiger partial charge in [0.05, 0.1) is 6.33 Å². The second-order valence-corrected chi connectivity index (χ2v) is 13.3. The molecule has 10 N–H and O–H groups in total. The minimum atomic E-state index is -1.49. The van der Waals surface area contributed by atoms with E-state index in [2.05, 4.69) is 30.9 Å². The van der Waals surface area contributed by atoms with Gasteiger partial charge in [-0.3, -0.25) is 38.7 Å². The zero-order chi connectivity index (χ0) is 40.5. The summed E-state index contributed by atoms with van der Waals surface area (Å²) in [6.45, 7) is 4.98. The Balaban J connectivity index is 1.93. The number of nitrogens with one attached hydrogen (secondary N) is 4. The van der Waals surface area contributed by atoms with Crippen molar-refractivity contribution in [3.63, 3.8) is 0 Å². The minimum Gasteiger partial charge on any atom is -0.370 e. The highest BCUT2D eigenvalue weighted by Crippen LogP contribution is 2.15. The van der Waals surface area contributed by atoms with E-state index in [1.54, 1.807) is 30.3 Å². The molecule has 4 unspecified atom stereocenters. The first-order chi connectivity index (χ1) is 26.1. The topological polar surface area (TPSA) is 261 Å². The highest BCUT2D eigenvalue weighted by atomic mass is 19.1. The van der Waals surface area contributed by atoms with Crippen LogP contribution in [0.5, 0.6) is 0 Å². The molecule has 55 heavy (non-hydrogen) atoms. The van der Waals surface area contributed by atoms with Crippen molar-refractivity contribution in [1.29, 1.82) is 0 Å². The predicted octanol–water partition coefficient (Wildman–Crippen LogP) is 0.831. The van der Waals surface area contributed by atoms with Gasteiger partial charge in [-0.05, 0) is 54.5 Å². The van der Waals surface area contributed by atoms with Gasteiger partial charge in [-0.25, -0.2) is 9.37 Å². The smallest absolute Gasteiger partial charge is 0.253 e. The molecule has 4 atom stereocenters. The van der Waals surface area contributed by atoms with Crippen LogP contribution in [-0.2, 0) is 41.6 Å². The Labute approximate surface area is 318 Å². The molecule has 0 aliphatic rings. The normalized spacial score (nSPS) is 13.3. The Morgan fingerprint density at radius 3 is 2.09 bits per heavy atom. The molecule has 3 aromatic rings. The lowest BCUT2D eigenvalue weighted by Crippen LogP contribution is -2.59. The van der Waals surface area contributed by atoms with Crippen LogP contribution in [0.15, 0.2) is 78.2 Å². The number of nitrogens with zero attached hydrogens (tertiary/aromatic N) is 3. The average Bonchev–Trinajstić information content (AvgIpc) is 3.65. The van der Waals surface area contributed by atoms with Crippen molar-refractivity contribution in [3.8, 4) is 0 Å². The Hall–Kier alpha value is -6.39. The van der Waals surface area contributed by atoms with Crippen LogP contribution in [0, 0.1) is 11.7 Å². The van der Waals surface area contributed by atoms with E-state index in [4.69, 9.17) is 17.2 Å². The Bertz CT molecular complexity index is 1810. The molecular weight excluding hydrogens is 711 g/mol. The molecule has 0 radical (unpaired) electrons. The van der Waals surface area contributed by atoms with E-state index >= 15 is 0 Å². The number of hydrogen-bond acceptors (Lipinski definition) is 8. The average molecular weight is 761 g/mol. The maximum atomic E-state index is 14.3. The van der Waals surface area contributed by atoms with Crippen molar-refractivity contribution in [2.45, 2.75) is 77.0 Å². The van der Waals surface area contributed by atoms with E-state index in [1.165, 1.54) is 42.9 Å². The molecular formula is C38H49FN10O6. The SMILES string of the molecule is CC(=O)N(C(=O)/C=C/c1ccccc1)C(Cc1ccc(F)cc1)C(=O)NC(Cc1cnc[nH]1)C(=O)NC(CC(C)C)C(=O)NC(CCCN=C(N)N)C(N)=O. The highest BCUT2D eigenvalue weighted by Gasteiger charge is 2.36. The molecule has 1 heterocycles. The zero-order valence-corrected chi connectivity index (χ0v) is 31.0. The number of aromatic amines is 1. The summed E-state index contributed by atoms with van der Waals surface area (Å²) in [6, 6.07) is 8.93. The van der Waals surface area contributed by atoms with E-state index in [0.29, 0.717) is 23.2 Å². The predicted molar refractivity (Wildman–Crippen MR) is 204 cm³/mol. The number of aromatic nitrogens is 2. The largest absolute Gasteiger partial charge is 0.370 e.